The standard InChI is InChI=1S/C27H42N8O8/c1-15(2)11-17(28)23(39)34-18(9-6-10-31-27(29)30)24(40)32-14-21(36)33-19(13-22(37)38)25(41)35-20(26(42)43)12-16-7-4-3-5-8-16/h3-5,7-8,15,17-20H,6,9-14,28H2,1-2H3,(H,32,40)(H,33,36)(H,34,39)(H,35,41)(H,37,38)(H,42,43)(H4,29,30,31)/t17-,18-,19-,20-/m0/s1. The zero-order chi connectivity index (χ0) is 32.5. The van der Waals surface area contributed by atoms with Crippen LogP contribution in [0, 0.1) is 11.3 Å². The van der Waals surface area contributed by atoms with E-state index in [1.54, 1.807) is 30.3 Å². The molecule has 4 amide bonds. The van der Waals surface area contributed by atoms with Crippen LogP contribution in [0.1, 0.15) is 45.1 Å². The van der Waals surface area contributed by atoms with Crippen molar-refractivity contribution in [3.05, 3.63) is 35.9 Å². The number of carbonyl (C=O) groups excluding carboxylic acids is 4. The van der Waals surface area contributed by atoms with Crippen LogP contribution in [0.25, 0.3) is 0 Å². The Morgan fingerprint density at radius 3 is 2.05 bits per heavy atom. The predicted molar refractivity (Wildman–Crippen MR) is 155 cm³/mol. The van der Waals surface area contributed by atoms with E-state index in [9.17, 15) is 39.0 Å². The summed E-state index contributed by atoms with van der Waals surface area (Å²) in [5.74, 6) is -6.21. The van der Waals surface area contributed by atoms with Gasteiger partial charge in [0.1, 0.15) is 18.1 Å². The van der Waals surface area contributed by atoms with Crippen molar-refractivity contribution in [2.75, 3.05) is 13.1 Å². The van der Waals surface area contributed by atoms with E-state index in [1.165, 1.54) is 0 Å². The lowest BCUT2D eigenvalue weighted by Gasteiger charge is -2.22. The van der Waals surface area contributed by atoms with Crippen molar-refractivity contribution in [3.63, 3.8) is 0 Å². The maximum Gasteiger partial charge on any atom is 0.326 e. The van der Waals surface area contributed by atoms with Crippen LogP contribution in [0.3, 0.4) is 0 Å². The number of nitrogens with one attached hydrogen (secondary N) is 6. The number of carboxylic acid groups (broad SMARTS) is 2. The smallest absolute Gasteiger partial charge is 0.326 e. The highest BCUT2D eigenvalue weighted by molar-refractivity contribution is 5.95. The van der Waals surface area contributed by atoms with E-state index >= 15 is 0 Å². The zero-order valence-electron chi connectivity index (χ0n) is 24.2. The van der Waals surface area contributed by atoms with Crippen molar-refractivity contribution in [2.45, 2.75) is 70.1 Å². The van der Waals surface area contributed by atoms with Crippen LogP contribution in [0.5, 0.6) is 0 Å². The van der Waals surface area contributed by atoms with E-state index in [1.807, 2.05) is 13.8 Å². The second kappa shape index (κ2) is 18.7. The summed E-state index contributed by atoms with van der Waals surface area (Å²) < 4.78 is 0. The Morgan fingerprint density at radius 1 is 0.860 bits per heavy atom. The number of rotatable bonds is 19. The third-order valence-corrected chi connectivity index (χ3v) is 6.03. The van der Waals surface area contributed by atoms with Gasteiger partial charge in [0.25, 0.3) is 0 Å². The van der Waals surface area contributed by atoms with E-state index in [-0.39, 0.29) is 31.3 Å². The fourth-order valence-corrected chi connectivity index (χ4v) is 3.93. The van der Waals surface area contributed by atoms with E-state index < -0.39 is 72.7 Å². The fraction of sp³-hybridized carbons (Fsp3) is 0.519. The van der Waals surface area contributed by atoms with Gasteiger partial charge in [0, 0.05) is 13.0 Å². The van der Waals surface area contributed by atoms with E-state index in [2.05, 4.69) is 26.6 Å². The second-order valence-electron chi connectivity index (χ2n) is 10.3. The summed E-state index contributed by atoms with van der Waals surface area (Å²) >= 11 is 0. The first kappa shape index (κ1) is 36.3. The minimum atomic E-state index is -1.64. The molecule has 0 aliphatic heterocycles. The lowest BCUT2D eigenvalue weighted by Crippen LogP contribution is -2.55. The summed E-state index contributed by atoms with van der Waals surface area (Å²) in [4.78, 5) is 73.9. The van der Waals surface area contributed by atoms with Gasteiger partial charge in [0.15, 0.2) is 5.96 Å². The summed E-state index contributed by atoms with van der Waals surface area (Å²) in [6, 6.07) is 3.43. The van der Waals surface area contributed by atoms with Gasteiger partial charge in [-0.15, -0.1) is 0 Å². The lowest BCUT2D eigenvalue weighted by molar-refractivity contribution is -0.143. The molecule has 1 aromatic carbocycles. The lowest BCUT2D eigenvalue weighted by atomic mass is 10.0. The third-order valence-electron chi connectivity index (χ3n) is 6.03. The Morgan fingerprint density at radius 2 is 1.49 bits per heavy atom. The van der Waals surface area contributed by atoms with Crippen molar-refractivity contribution in [1.29, 1.82) is 5.41 Å². The van der Waals surface area contributed by atoms with Gasteiger partial charge in [-0.2, -0.15) is 0 Å². The normalized spacial score (nSPS) is 13.5. The largest absolute Gasteiger partial charge is 0.481 e. The van der Waals surface area contributed by atoms with Crippen molar-refractivity contribution < 1.29 is 39.0 Å². The molecule has 16 heteroatoms. The van der Waals surface area contributed by atoms with Gasteiger partial charge in [-0.3, -0.25) is 29.4 Å². The number of benzene rings is 1. The van der Waals surface area contributed by atoms with Gasteiger partial charge in [-0.05, 0) is 30.7 Å². The van der Waals surface area contributed by atoms with Crippen LogP contribution >= 0.6 is 0 Å². The monoisotopic (exact) mass is 606 g/mol. The highest BCUT2D eigenvalue weighted by Gasteiger charge is 2.29. The number of carbonyl (C=O) groups is 6. The van der Waals surface area contributed by atoms with E-state index in [0.717, 1.165) is 0 Å². The molecule has 238 valence electrons. The van der Waals surface area contributed by atoms with Crippen molar-refractivity contribution in [2.24, 2.45) is 17.4 Å². The molecular weight excluding hydrogens is 564 g/mol. The number of amides is 4. The van der Waals surface area contributed by atoms with Gasteiger partial charge in [-0.1, -0.05) is 44.2 Å². The number of nitrogens with two attached hydrogens (primary N) is 2. The second-order valence-corrected chi connectivity index (χ2v) is 10.3. The summed E-state index contributed by atoms with van der Waals surface area (Å²) in [7, 11) is 0. The molecule has 0 unspecified atom stereocenters. The number of aliphatic carboxylic acids is 2. The Bertz CT molecular complexity index is 1130. The molecule has 0 fully saturated rings. The molecule has 0 saturated heterocycles. The van der Waals surface area contributed by atoms with E-state index in [0.29, 0.717) is 18.4 Å². The van der Waals surface area contributed by atoms with Crippen LogP contribution in [0.2, 0.25) is 0 Å². The summed E-state index contributed by atoms with van der Waals surface area (Å²) in [6.07, 6.45) is -0.135. The molecule has 1 rings (SSSR count). The Balaban J connectivity index is 2.86. The van der Waals surface area contributed by atoms with Crippen molar-refractivity contribution in [1.82, 2.24) is 26.6 Å². The topological polar surface area (TPSA) is 279 Å². The van der Waals surface area contributed by atoms with E-state index in [4.69, 9.17) is 16.9 Å². The molecule has 4 atom stereocenters. The van der Waals surface area contributed by atoms with Gasteiger partial charge < -0.3 is 48.3 Å². The fourth-order valence-electron chi connectivity index (χ4n) is 3.93. The number of hydrogen-bond acceptors (Lipinski definition) is 8. The predicted octanol–water partition coefficient (Wildman–Crippen LogP) is -2.00. The maximum absolute atomic E-state index is 12.9. The van der Waals surface area contributed by atoms with Crippen molar-refractivity contribution >= 4 is 41.5 Å². The molecule has 0 saturated carbocycles. The average Bonchev–Trinajstić information content (AvgIpc) is 2.92. The molecule has 0 radical (unpaired) electrons. The van der Waals surface area contributed by atoms with Crippen LogP contribution in [0.4, 0.5) is 0 Å². The Kier molecular flexibility index (Phi) is 15.7. The van der Waals surface area contributed by atoms with Crippen LogP contribution in [-0.2, 0) is 35.2 Å². The number of hydrogen-bond donors (Lipinski definition) is 10. The molecule has 0 aromatic heterocycles. The highest BCUT2D eigenvalue weighted by atomic mass is 16.4. The summed E-state index contributed by atoms with van der Waals surface area (Å²) in [5.41, 5.74) is 11.8. The van der Waals surface area contributed by atoms with Crippen LogP contribution in [-0.4, -0.2) is 89.0 Å². The zero-order valence-corrected chi connectivity index (χ0v) is 24.2. The van der Waals surface area contributed by atoms with Gasteiger partial charge >= 0.3 is 11.9 Å². The molecule has 16 nitrogen and oxygen atoms in total. The molecule has 43 heavy (non-hydrogen) atoms. The molecule has 0 heterocycles. The van der Waals surface area contributed by atoms with Crippen molar-refractivity contribution in [3.8, 4) is 0 Å². The summed E-state index contributed by atoms with van der Waals surface area (Å²) in [6.45, 7) is 3.32. The molecule has 0 aliphatic carbocycles. The molecule has 0 spiro atoms. The average molecular weight is 607 g/mol. The number of carboxylic acids is 2. The maximum atomic E-state index is 12.9. The Hall–Kier alpha value is -4.73. The first-order valence-electron chi connectivity index (χ1n) is 13.7. The highest BCUT2D eigenvalue weighted by Crippen LogP contribution is 2.06. The Labute approximate surface area is 249 Å². The first-order valence-corrected chi connectivity index (χ1v) is 13.7. The molecule has 12 N–H and O–H groups in total. The van der Waals surface area contributed by atoms with Crippen LogP contribution < -0.4 is 38.1 Å². The third kappa shape index (κ3) is 15.2. The quantitative estimate of drug-likeness (QED) is 0.0467. The molecular formula is C27H42N8O8. The summed E-state index contributed by atoms with van der Waals surface area (Å²) in [5, 5.41) is 37.9. The van der Waals surface area contributed by atoms with Crippen LogP contribution in [0.15, 0.2) is 30.3 Å². The van der Waals surface area contributed by atoms with Gasteiger partial charge in [-0.25, -0.2) is 4.79 Å². The first-order chi connectivity index (χ1) is 20.2. The minimum Gasteiger partial charge on any atom is -0.481 e. The molecule has 1 aromatic rings. The molecule has 0 aliphatic rings. The number of guanidine groups is 1. The van der Waals surface area contributed by atoms with Gasteiger partial charge in [0.2, 0.25) is 23.6 Å². The molecule has 0 bridgehead atoms. The SMILES string of the molecule is CC(C)C[C@H](N)C(=O)N[C@@H](CCCNC(=N)N)C(=O)NCC(=O)N[C@@H](CC(=O)O)C(=O)N[C@@H](Cc1ccccc1)C(=O)O. The minimum absolute atomic E-state index is 0.0818. The van der Waals surface area contributed by atoms with Gasteiger partial charge in [0.05, 0.1) is 19.0 Å².